The van der Waals surface area contributed by atoms with Gasteiger partial charge < -0.3 is 14.9 Å². The Balaban J connectivity index is 1.85. The molecule has 6 heteroatoms. The van der Waals surface area contributed by atoms with Crippen LogP contribution in [-0.2, 0) is 4.79 Å². The monoisotopic (exact) mass is 314 g/mol. The first-order valence-corrected chi connectivity index (χ1v) is 6.99. The van der Waals surface area contributed by atoms with Gasteiger partial charge in [-0.1, -0.05) is 6.07 Å². The minimum Gasteiger partial charge on any atom is -0.508 e. The Morgan fingerprint density at radius 2 is 1.96 bits per heavy atom. The molecule has 3 N–H and O–H groups in total. The Hall–Kier alpha value is -3.02. The van der Waals surface area contributed by atoms with Crippen LogP contribution >= 0.6 is 0 Å². The molecular weight excluding hydrogens is 296 g/mol. The van der Waals surface area contributed by atoms with Gasteiger partial charge >= 0.3 is 0 Å². The highest BCUT2D eigenvalue weighted by molar-refractivity contribution is 5.85. The van der Waals surface area contributed by atoms with Crippen LogP contribution in [-0.4, -0.2) is 28.9 Å². The summed E-state index contributed by atoms with van der Waals surface area (Å²) in [6, 6.07) is 9.66. The number of nitrogens with zero attached hydrogens (tertiary/aromatic N) is 1. The lowest BCUT2D eigenvalue weighted by Crippen LogP contribution is -2.24. The molecule has 0 unspecified atom stereocenters. The number of amides is 1. The zero-order valence-electron chi connectivity index (χ0n) is 12.9. The van der Waals surface area contributed by atoms with Gasteiger partial charge in [-0.3, -0.25) is 4.79 Å². The first-order chi connectivity index (χ1) is 11.0. The number of nitrogens with one attached hydrogen (secondary N) is 1. The number of phenolic OH excluding ortho intramolecular Hbond substituents is 2. The van der Waals surface area contributed by atoms with Gasteiger partial charge in [-0.15, -0.1) is 0 Å². The maximum absolute atomic E-state index is 11.6. The van der Waals surface area contributed by atoms with E-state index in [1.54, 1.807) is 6.07 Å². The number of phenols is 2. The van der Waals surface area contributed by atoms with Crippen LogP contribution < -0.4 is 10.2 Å². The third kappa shape index (κ3) is 4.74. The molecule has 0 saturated carbocycles. The molecule has 6 nitrogen and oxygen atoms in total. The number of benzene rings is 2. The number of carbonyl (C=O) groups is 1. The van der Waals surface area contributed by atoms with E-state index in [1.165, 1.54) is 24.4 Å². The molecule has 2 aromatic rings. The number of hydrogen-bond acceptors (Lipinski definition) is 5. The number of carbonyl (C=O) groups excluding carboxylic acids is 1. The minimum absolute atomic E-state index is 0.0505. The quantitative estimate of drug-likeness (QED) is 0.583. The molecule has 2 rings (SSSR count). The van der Waals surface area contributed by atoms with E-state index in [9.17, 15) is 15.0 Å². The lowest BCUT2D eigenvalue weighted by molar-refractivity contribution is -0.123. The summed E-state index contributed by atoms with van der Waals surface area (Å²) in [4.78, 5) is 11.6. The van der Waals surface area contributed by atoms with Crippen molar-refractivity contribution in [2.24, 2.45) is 5.10 Å². The van der Waals surface area contributed by atoms with Crippen molar-refractivity contribution in [1.82, 2.24) is 5.43 Å². The van der Waals surface area contributed by atoms with Gasteiger partial charge in [-0.05, 0) is 49.2 Å². The summed E-state index contributed by atoms with van der Waals surface area (Å²) >= 11 is 0. The summed E-state index contributed by atoms with van der Waals surface area (Å²) in [5.41, 5.74) is 4.91. The molecule has 0 spiro atoms. The molecule has 0 aliphatic heterocycles. The van der Waals surface area contributed by atoms with E-state index in [1.807, 2.05) is 26.0 Å². The SMILES string of the molecule is Cc1ccc(OCC(=O)N/N=C\c2ccc(O)cc2O)cc1C. The predicted octanol–water partition coefficient (Wildman–Crippen LogP) is 2.24. The van der Waals surface area contributed by atoms with E-state index in [0.717, 1.165) is 11.1 Å². The Kier molecular flexibility index (Phi) is 5.19. The highest BCUT2D eigenvalue weighted by atomic mass is 16.5. The van der Waals surface area contributed by atoms with Gasteiger partial charge in [0.25, 0.3) is 5.91 Å². The number of rotatable bonds is 5. The molecule has 0 heterocycles. The highest BCUT2D eigenvalue weighted by Crippen LogP contribution is 2.20. The summed E-state index contributed by atoms with van der Waals surface area (Å²) in [7, 11) is 0. The maximum Gasteiger partial charge on any atom is 0.277 e. The number of hydrogen-bond donors (Lipinski definition) is 3. The average molecular weight is 314 g/mol. The molecule has 23 heavy (non-hydrogen) atoms. The van der Waals surface area contributed by atoms with Crippen LogP contribution in [0.15, 0.2) is 41.5 Å². The largest absolute Gasteiger partial charge is 0.508 e. The van der Waals surface area contributed by atoms with Crippen LogP contribution in [0.4, 0.5) is 0 Å². The molecule has 0 fully saturated rings. The number of hydrazone groups is 1. The van der Waals surface area contributed by atoms with Gasteiger partial charge in [0, 0.05) is 11.6 Å². The van der Waals surface area contributed by atoms with Crippen LogP contribution in [0.2, 0.25) is 0 Å². The average Bonchev–Trinajstić information content (AvgIpc) is 2.50. The summed E-state index contributed by atoms with van der Waals surface area (Å²) < 4.78 is 5.38. The van der Waals surface area contributed by atoms with Crippen molar-refractivity contribution in [1.29, 1.82) is 0 Å². The lowest BCUT2D eigenvalue weighted by atomic mass is 10.1. The zero-order valence-corrected chi connectivity index (χ0v) is 12.9. The normalized spacial score (nSPS) is 10.7. The highest BCUT2D eigenvalue weighted by Gasteiger charge is 2.03. The maximum atomic E-state index is 11.6. The van der Waals surface area contributed by atoms with Crippen LogP contribution in [0.5, 0.6) is 17.2 Å². The van der Waals surface area contributed by atoms with Crippen molar-refractivity contribution >= 4 is 12.1 Å². The molecule has 0 radical (unpaired) electrons. The van der Waals surface area contributed by atoms with Crippen molar-refractivity contribution in [3.05, 3.63) is 53.1 Å². The van der Waals surface area contributed by atoms with Gasteiger partial charge in [0.2, 0.25) is 0 Å². The molecule has 0 saturated heterocycles. The molecule has 0 aromatic heterocycles. The third-order valence-electron chi connectivity index (χ3n) is 3.26. The van der Waals surface area contributed by atoms with Crippen LogP contribution in [0.25, 0.3) is 0 Å². The molecule has 0 aliphatic carbocycles. The fraction of sp³-hybridized carbons (Fsp3) is 0.176. The first-order valence-electron chi connectivity index (χ1n) is 6.99. The summed E-state index contributed by atoms with van der Waals surface area (Å²) in [5.74, 6) is 0.0148. The second-order valence-electron chi connectivity index (χ2n) is 5.07. The van der Waals surface area contributed by atoms with Gasteiger partial charge in [-0.2, -0.15) is 5.10 Å². The van der Waals surface area contributed by atoms with E-state index in [2.05, 4.69) is 10.5 Å². The molecule has 2 aromatic carbocycles. The molecular formula is C17H18N2O4. The zero-order chi connectivity index (χ0) is 16.8. The fourth-order valence-electron chi connectivity index (χ4n) is 1.80. The lowest BCUT2D eigenvalue weighted by Gasteiger charge is -2.07. The second kappa shape index (κ2) is 7.31. The Bertz CT molecular complexity index is 741. The molecule has 0 bridgehead atoms. The van der Waals surface area contributed by atoms with E-state index in [-0.39, 0.29) is 18.1 Å². The van der Waals surface area contributed by atoms with Crippen LogP contribution in [0.3, 0.4) is 0 Å². The number of aromatic hydroxyl groups is 2. The summed E-state index contributed by atoms with van der Waals surface area (Å²) in [5, 5.41) is 22.5. The first kappa shape index (κ1) is 16.4. The standard InChI is InChI=1S/C17H18N2O4/c1-11-3-6-15(7-12(11)2)23-10-17(22)19-18-9-13-4-5-14(20)8-16(13)21/h3-9,20-21H,10H2,1-2H3,(H,19,22)/b18-9-. The topological polar surface area (TPSA) is 91.2 Å². The predicted molar refractivity (Wildman–Crippen MR) is 86.9 cm³/mol. The molecule has 0 aliphatic rings. The number of aryl methyl sites for hydroxylation is 2. The van der Waals surface area contributed by atoms with Gasteiger partial charge in [0.1, 0.15) is 17.2 Å². The van der Waals surface area contributed by atoms with Gasteiger partial charge in [0.05, 0.1) is 6.21 Å². The Morgan fingerprint density at radius 1 is 1.17 bits per heavy atom. The van der Waals surface area contributed by atoms with Crippen molar-refractivity contribution < 1.29 is 19.7 Å². The van der Waals surface area contributed by atoms with Crippen LogP contribution in [0, 0.1) is 13.8 Å². The van der Waals surface area contributed by atoms with E-state index >= 15 is 0 Å². The Labute approximate surface area is 134 Å². The smallest absolute Gasteiger partial charge is 0.277 e. The number of ether oxygens (including phenoxy) is 1. The van der Waals surface area contributed by atoms with Crippen molar-refractivity contribution in [2.75, 3.05) is 6.61 Å². The Morgan fingerprint density at radius 3 is 2.65 bits per heavy atom. The van der Waals surface area contributed by atoms with E-state index in [0.29, 0.717) is 11.3 Å². The molecule has 1 amide bonds. The van der Waals surface area contributed by atoms with Gasteiger partial charge in [-0.25, -0.2) is 5.43 Å². The van der Waals surface area contributed by atoms with Crippen molar-refractivity contribution in [3.8, 4) is 17.2 Å². The van der Waals surface area contributed by atoms with E-state index in [4.69, 9.17) is 4.74 Å². The van der Waals surface area contributed by atoms with E-state index < -0.39 is 5.91 Å². The van der Waals surface area contributed by atoms with Crippen molar-refractivity contribution in [2.45, 2.75) is 13.8 Å². The summed E-state index contributed by atoms with van der Waals surface area (Å²) in [6.45, 7) is 3.80. The third-order valence-corrected chi connectivity index (χ3v) is 3.26. The summed E-state index contributed by atoms with van der Waals surface area (Å²) in [6.07, 6.45) is 1.28. The molecule has 120 valence electrons. The minimum atomic E-state index is -0.419. The fourth-order valence-corrected chi connectivity index (χ4v) is 1.80. The van der Waals surface area contributed by atoms with Crippen LogP contribution in [0.1, 0.15) is 16.7 Å². The molecule has 0 atom stereocenters. The van der Waals surface area contributed by atoms with Gasteiger partial charge in [0.15, 0.2) is 6.61 Å². The second-order valence-corrected chi connectivity index (χ2v) is 5.07. The van der Waals surface area contributed by atoms with Crippen molar-refractivity contribution in [3.63, 3.8) is 0 Å².